The summed E-state index contributed by atoms with van der Waals surface area (Å²) < 4.78 is 14.7. The summed E-state index contributed by atoms with van der Waals surface area (Å²) in [6.07, 6.45) is 3.85. The van der Waals surface area contributed by atoms with Gasteiger partial charge in [0.2, 0.25) is 0 Å². The van der Waals surface area contributed by atoms with E-state index in [4.69, 9.17) is 0 Å². The van der Waals surface area contributed by atoms with Crippen LogP contribution in [0.5, 0.6) is 0 Å². The number of nitrogens with zero attached hydrogens (tertiary/aromatic N) is 3. The maximum Gasteiger partial charge on any atom is 0.255 e. The number of hydrogen-bond donors (Lipinski definition) is 1. The van der Waals surface area contributed by atoms with E-state index in [0.717, 1.165) is 17.1 Å². The van der Waals surface area contributed by atoms with Gasteiger partial charge in [0.1, 0.15) is 5.82 Å². The second kappa shape index (κ2) is 7.04. The molecule has 122 valence electrons. The normalized spacial score (nSPS) is 10.6. The molecule has 2 aromatic heterocycles. The Balaban J connectivity index is 1.81. The lowest BCUT2D eigenvalue weighted by Gasteiger charge is -2.08. The molecule has 1 N–H and O–H groups in total. The summed E-state index contributed by atoms with van der Waals surface area (Å²) in [6, 6.07) is 11.6. The third kappa shape index (κ3) is 3.32. The van der Waals surface area contributed by atoms with Crippen molar-refractivity contribution in [3.8, 4) is 5.69 Å². The summed E-state index contributed by atoms with van der Waals surface area (Å²) in [7, 11) is 0. The molecule has 1 amide bonds. The Kier molecular flexibility index (Phi) is 4.65. The molecule has 3 aromatic rings. The molecule has 0 aliphatic carbocycles. The van der Waals surface area contributed by atoms with Gasteiger partial charge in [-0.05, 0) is 42.8 Å². The Morgan fingerprint density at radius 3 is 2.67 bits per heavy atom. The lowest BCUT2D eigenvalue weighted by atomic mass is 10.2. The number of benzene rings is 1. The number of carbonyl (C=O) groups is 1. The molecule has 0 aliphatic rings. The molecule has 0 saturated heterocycles. The smallest absolute Gasteiger partial charge is 0.255 e. The van der Waals surface area contributed by atoms with Gasteiger partial charge in [-0.1, -0.05) is 13.0 Å². The van der Waals surface area contributed by atoms with Gasteiger partial charge in [0.05, 0.1) is 35.4 Å². The van der Waals surface area contributed by atoms with Crippen molar-refractivity contribution >= 4 is 5.91 Å². The maximum atomic E-state index is 13.1. The summed E-state index contributed by atoms with van der Waals surface area (Å²) >= 11 is 0. The zero-order valence-corrected chi connectivity index (χ0v) is 13.2. The van der Waals surface area contributed by atoms with Crippen molar-refractivity contribution in [1.82, 2.24) is 20.1 Å². The van der Waals surface area contributed by atoms with Crippen molar-refractivity contribution in [2.24, 2.45) is 0 Å². The summed E-state index contributed by atoms with van der Waals surface area (Å²) in [5.74, 6) is -0.511. The molecular formula is C18H17FN4O. The fraction of sp³-hybridized carbons (Fsp3) is 0.167. The predicted octanol–water partition coefficient (Wildman–Crippen LogP) is 2.90. The number of hydrogen-bond acceptors (Lipinski definition) is 3. The second-order valence-electron chi connectivity index (χ2n) is 5.25. The highest BCUT2D eigenvalue weighted by atomic mass is 19.1. The van der Waals surface area contributed by atoms with Gasteiger partial charge in [0.25, 0.3) is 5.91 Å². The largest absolute Gasteiger partial charge is 0.346 e. The van der Waals surface area contributed by atoms with Crippen molar-refractivity contribution < 1.29 is 9.18 Å². The molecule has 6 heteroatoms. The molecule has 1 aromatic carbocycles. The van der Waals surface area contributed by atoms with E-state index in [2.05, 4.69) is 15.4 Å². The minimum atomic E-state index is -0.308. The van der Waals surface area contributed by atoms with Crippen molar-refractivity contribution in [1.29, 1.82) is 0 Å². The van der Waals surface area contributed by atoms with Gasteiger partial charge in [-0.2, -0.15) is 5.10 Å². The fourth-order valence-electron chi connectivity index (χ4n) is 2.48. The Hall–Kier alpha value is -3.02. The molecule has 0 unspecified atom stereocenters. The van der Waals surface area contributed by atoms with Crippen LogP contribution < -0.4 is 5.32 Å². The van der Waals surface area contributed by atoms with Crippen LogP contribution in [-0.4, -0.2) is 20.7 Å². The van der Waals surface area contributed by atoms with Crippen LogP contribution in [-0.2, 0) is 13.0 Å². The van der Waals surface area contributed by atoms with Gasteiger partial charge in [0, 0.05) is 6.20 Å². The van der Waals surface area contributed by atoms with E-state index in [-0.39, 0.29) is 11.7 Å². The average molecular weight is 324 g/mol. The van der Waals surface area contributed by atoms with Crippen LogP contribution in [0.1, 0.15) is 28.7 Å². The maximum absolute atomic E-state index is 13.1. The Bertz CT molecular complexity index is 828. The lowest BCUT2D eigenvalue weighted by Crippen LogP contribution is -2.24. The van der Waals surface area contributed by atoms with E-state index in [1.165, 1.54) is 18.3 Å². The van der Waals surface area contributed by atoms with E-state index in [9.17, 15) is 9.18 Å². The highest BCUT2D eigenvalue weighted by Gasteiger charge is 2.17. The monoisotopic (exact) mass is 324 g/mol. The number of carbonyl (C=O) groups excluding carboxylic acids is 1. The molecule has 0 radical (unpaired) electrons. The highest BCUT2D eigenvalue weighted by molar-refractivity contribution is 5.95. The third-order valence-electron chi connectivity index (χ3n) is 3.68. The molecule has 0 aliphatic heterocycles. The van der Waals surface area contributed by atoms with E-state index < -0.39 is 0 Å². The van der Waals surface area contributed by atoms with Crippen molar-refractivity contribution in [3.05, 3.63) is 77.6 Å². The summed E-state index contributed by atoms with van der Waals surface area (Å²) in [4.78, 5) is 16.6. The lowest BCUT2D eigenvalue weighted by molar-refractivity contribution is 0.0949. The van der Waals surface area contributed by atoms with Crippen molar-refractivity contribution in [2.75, 3.05) is 0 Å². The van der Waals surface area contributed by atoms with Gasteiger partial charge >= 0.3 is 0 Å². The minimum absolute atomic E-state index is 0.203. The van der Waals surface area contributed by atoms with Gasteiger partial charge in [-0.15, -0.1) is 0 Å². The zero-order chi connectivity index (χ0) is 16.9. The molecule has 3 rings (SSSR count). The first kappa shape index (κ1) is 15.9. The summed E-state index contributed by atoms with van der Waals surface area (Å²) in [5.41, 5.74) is 2.80. The Morgan fingerprint density at radius 1 is 1.21 bits per heavy atom. The van der Waals surface area contributed by atoms with Crippen LogP contribution in [0.4, 0.5) is 4.39 Å². The second-order valence-corrected chi connectivity index (χ2v) is 5.25. The predicted molar refractivity (Wildman–Crippen MR) is 88.3 cm³/mol. The Morgan fingerprint density at radius 2 is 2.00 bits per heavy atom. The first-order chi connectivity index (χ1) is 11.7. The minimum Gasteiger partial charge on any atom is -0.346 e. The Labute approximate surface area is 139 Å². The van der Waals surface area contributed by atoms with Crippen LogP contribution >= 0.6 is 0 Å². The first-order valence-corrected chi connectivity index (χ1v) is 7.70. The van der Waals surface area contributed by atoms with Gasteiger partial charge in [-0.3, -0.25) is 9.78 Å². The molecule has 2 heterocycles. The SMILES string of the molecule is CCc1c(C(=O)NCc2ccccn2)cnn1-c1ccc(F)cc1. The number of nitrogens with one attached hydrogen (secondary N) is 1. The molecular weight excluding hydrogens is 307 g/mol. The number of aromatic nitrogens is 3. The average Bonchev–Trinajstić information content (AvgIpc) is 3.05. The quantitative estimate of drug-likeness (QED) is 0.785. The molecule has 5 nitrogen and oxygen atoms in total. The molecule has 0 fully saturated rings. The number of halogens is 1. The first-order valence-electron chi connectivity index (χ1n) is 7.70. The van der Waals surface area contributed by atoms with E-state index in [0.29, 0.717) is 18.5 Å². The van der Waals surface area contributed by atoms with Crippen LogP contribution in [0.2, 0.25) is 0 Å². The number of rotatable bonds is 5. The standard InChI is InChI=1S/C18H17FN4O/c1-2-17-16(18(24)21-11-14-5-3-4-10-20-14)12-22-23(17)15-8-6-13(19)7-9-15/h3-10,12H,2,11H2,1H3,(H,21,24). The van der Waals surface area contributed by atoms with Crippen LogP contribution in [0.25, 0.3) is 5.69 Å². The van der Waals surface area contributed by atoms with Crippen LogP contribution in [0, 0.1) is 5.82 Å². The molecule has 24 heavy (non-hydrogen) atoms. The van der Waals surface area contributed by atoms with E-state index in [1.54, 1.807) is 23.0 Å². The fourth-order valence-corrected chi connectivity index (χ4v) is 2.48. The van der Waals surface area contributed by atoms with Gasteiger partial charge in [0.15, 0.2) is 0 Å². The molecule has 0 bridgehead atoms. The van der Waals surface area contributed by atoms with Gasteiger partial charge in [-0.25, -0.2) is 9.07 Å². The molecule has 0 spiro atoms. The zero-order valence-electron chi connectivity index (χ0n) is 13.2. The number of amides is 1. The third-order valence-corrected chi connectivity index (χ3v) is 3.68. The van der Waals surface area contributed by atoms with Crippen molar-refractivity contribution in [2.45, 2.75) is 19.9 Å². The van der Waals surface area contributed by atoms with Crippen molar-refractivity contribution in [3.63, 3.8) is 0 Å². The highest BCUT2D eigenvalue weighted by Crippen LogP contribution is 2.16. The topological polar surface area (TPSA) is 59.8 Å². The van der Waals surface area contributed by atoms with E-state index in [1.807, 2.05) is 25.1 Å². The number of pyridine rings is 1. The van der Waals surface area contributed by atoms with Gasteiger partial charge < -0.3 is 5.32 Å². The molecule has 0 saturated carbocycles. The van der Waals surface area contributed by atoms with Crippen LogP contribution in [0.15, 0.2) is 54.9 Å². The molecule has 0 atom stereocenters. The summed E-state index contributed by atoms with van der Waals surface area (Å²) in [5, 5.41) is 7.13. The van der Waals surface area contributed by atoms with E-state index >= 15 is 0 Å². The van der Waals surface area contributed by atoms with Crippen LogP contribution in [0.3, 0.4) is 0 Å². The summed E-state index contributed by atoms with van der Waals surface area (Å²) in [6.45, 7) is 2.30.